The van der Waals surface area contributed by atoms with Crippen molar-refractivity contribution in [3.63, 3.8) is 0 Å². The highest BCUT2D eigenvalue weighted by atomic mass is 32.2. The van der Waals surface area contributed by atoms with E-state index in [0.29, 0.717) is 18.0 Å². The summed E-state index contributed by atoms with van der Waals surface area (Å²) in [6.07, 6.45) is 1.17. The van der Waals surface area contributed by atoms with E-state index in [1.54, 1.807) is 18.2 Å². The highest BCUT2D eigenvalue weighted by molar-refractivity contribution is 7.90. The molecule has 5 heteroatoms. The smallest absolute Gasteiger partial charge is 0.175 e. The summed E-state index contributed by atoms with van der Waals surface area (Å²) in [6.45, 7) is 2.34. The van der Waals surface area contributed by atoms with Crippen molar-refractivity contribution in [3.05, 3.63) is 53.6 Å². The molecule has 2 aromatic rings. The SMILES string of the molecule is Cc1ccc(Oc2cccc(S(C)(=O)=O)c2)c(CN)c1. The summed E-state index contributed by atoms with van der Waals surface area (Å²) < 4.78 is 28.8. The minimum absolute atomic E-state index is 0.233. The van der Waals surface area contributed by atoms with Crippen molar-refractivity contribution in [2.45, 2.75) is 18.4 Å². The zero-order valence-corrected chi connectivity index (χ0v) is 12.3. The molecule has 0 aliphatic carbocycles. The second-order valence-corrected chi connectivity index (χ2v) is 6.68. The Kier molecular flexibility index (Phi) is 4.11. The van der Waals surface area contributed by atoms with Crippen LogP contribution in [0, 0.1) is 6.92 Å². The Morgan fingerprint density at radius 1 is 1.15 bits per heavy atom. The van der Waals surface area contributed by atoms with Gasteiger partial charge < -0.3 is 10.5 Å². The Bertz CT molecular complexity index is 724. The zero-order chi connectivity index (χ0) is 14.8. The molecule has 4 nitrogen and oxygen atoms in total. The fourth-order valence-corrected chi connectivity index (χ4v) is 2.52. The molecule has 2 rings (SSSR count). The first-order valence-electron chi connectivity index (χ1n) is 6.18. The molecule has 0 unspecified atom stereocenters. The fraction of sp³-hybridized carbons (Fsp3) is 0.200. The lowest BCUT2D eigenvalue weighted by Crippen LogP contribution is -2.01. The van der Waals surface area contributed by atoms with Crippen LogP contribution in [0.5, 0.6) is 11.5 Å². The molecule has 20 heavy (non-hydrogen) atoms. The normalized spacial score (nSPS) is 11.3. The highest BCUT2D eigenvalue weighted by Gasteiger charge is 2.09. The van der Waals surface area contributed by atoms with Gasteiger partial charge in [-0.15, -0.1) is 0 Å². The number of benzene rings is 2. The molecule has 0 saturated heterocycles. The van der Waals surface area contributed by atoms with Gasteiger partial charge in [-0.1, -0.05) is 23.8 Å². The van der Waals surface area contributed by atoms with E-state index in [-0.39, 0.29) is 4.90 Å². The van der Waals surface area contributed by atoms with Crippen LogP contribution in [0.1, 0.15) is 11.1 Å². The molecule has 0 aromatic heterocycles. The average molecular weight is 291 g/mol. The maximum atomic E-state index is 11.5. The van der Waals surface area contributed by atoms with Gasteiger partial charge in [0.25, 0.3) is 0 Å². The van der Waals surface area contributed by atoms with Gasteiger partial charge in [0.1, 0.15) is 11.5 Å². The molecule has 0 radical (unpaired) electrons. The van der Waals surface area contributed by atoms with Crippen LogP contribution < -0.4 is 10.5 Å². The van der Waals surface area contributed by atoms with Crippen LogP contribution in [0.2, 0.25) is 0 Å². The van der Waals surface area contributed by atoms with E-state index in [1.807, 2.05) is 25.1 Å². The second-order valence-electron chi connectivity index (χ2n) is 4.66. The van der Waals surface area contributed by atoms with Crippen molar-refractivity contribution in [1.82, 2.24) is 0 Å². The quantitative estimate of drug-likeness (QED) is 0.940. The third-order valence-electron chi connectivity index (χ3n) is 2.90. The van der Waals surface area contributed by atoms with Gasteiger partial charge in [-0.2, -0.15) is 0 Å². The predicted octanol–water partition coefficient (Wildman–Crippen LogP) is 2.65. The van der Waals surface area contributed by atoms with Gasteiger partial charge in [0, 0.05) is 18.4 Å². The molecule has 0 saturated carbocycles. The van der Waals surface area contributed by atoms with Gasteiger partial charge in [0.2, 0.25) is 0 Å². The number of hydrogen-bond acceptors (Lipinski definition) is 4. The van der Waals surface area contributed by atoms with Crippen molar-refractivity contribution in [2.75, 3.05) is 6.26 Å². The monoisotopic (exact) mass is 291 g/mol. The molecule has 2 N–H and O–H groups in total. The third-order valence-corrected chi connectivity index (χ3v) is 4.01. The number of nitrogens with two attached hydrogens (primary N) is 1. The zero-order valence-electron chi connectivity index (χ0n) is 11.5. The van der Waals surface area contributed by atoms with E-state index in [2.05, 4.69) is 0 Å². The molecule has 0 atom stereocenters. The van der Waals surface area contributed by atoms with Crippen molar-refractivity contribution in [1.29, 1.82) is 0 Å². The van der Waals surface area contributed by atoms with Gasteiger partial charge in [0.15, 0.2) is 9.84 Å². The molecule has 0 amide bonds. The van der Waals surface area contributed by atoms with E-state index in [0.717, 1.165) is 11.1 Å². The van der Waals surface area contributed by atoms with E-state index < -0.39 is 9.84 Å². The molecule has 0 aliphatic heterocycles. The van der Waals surface area contributed by atoms with E-state index >= 15 is 0 Å². The van der Waals surface area contributed by atoms with E-state index in [4.69, 9.17) is 10.5 Å². The summed E-state index contributed by atoms with van der Waals surface area (Å²) in [5.41, 5.74) is 7.68. The second kappa shape index (κ2) is 5.64. The molecule has 2 aromatic carbocycles. The standard InChI is InChI=1S/C15H17NO3S/c1-11-6-7-15(12(8-11)10-16)19-13-4-3-5-14(9-13)20(2,17)18/h3-9H,10,16H2,1-2H3. The van der Waals surface area contributed by atoms with Crippen LogP contribution >= 0.6 is 0 Å². The van der Waals surface area contributed by atoms with Gasteiger partial charge in [0.05, 0.1) is 4.90 Å². The fourth-order valence-electron chi connectivity index (χ4n) is 1.86. The lowest BCUT2D eigenvalue weighted by molar-refractivity contribution is 0.474. The van der Waals surface area contributed by atoms with Crippen molar-refractivity contribution in [3.8, 4) is 11.5 Å². The minimum Gasteiger partial charge on any atom is -0.457 e. The summed E-state index contributed by atoms with van der Waals surface area (Å²) in [7, 11) is -3.24. The van der Waals surface area contributed by atoms with Crippen LogP contribution in [0.4, 0.5) is 0 Å². The number of sulfone groups is 1. The maximum absolute atomic E-state index is 11.5. The molecule has 0 bridgehead atoms. The van der Waals surface area contributed by atoms with Crippen LogP contribution in [-0.4, -0.2) is 14.7 Å². The van der Waals surface area contributed by atoms with E-state index in [9.17, 15) is 8.42 Å². The molecule has 0 heterocycles. The number of hydrogen-bond donors (Lipinski definition) is 1. The van der Waals surface area contributed by atoms with Crippen molar-refractivity contribution in [2.24, 2.45) is 5.73 Å². The number of rotatable bonds is 4. The lowest BCUT2D eigenvalue weighted by atomic mass is 10.1. The molecular weight excluding hydrogens is 274 g/mol. The van der Waals surface area contributed by atoms with Crippen LogP contribution in [0.25, 0.3) is 0 Å². The van der Waals surface area contributed by atoms with Crippen molar-refractivity contribution >= 4 is 9.84 Å². The van der Waals surface area contributed by atoms with Crippen molar-refractivity contribution < 1.29 is 13.2 Å². The third kappa shape index (κ3) is 3.37. The first kappa shape index (κ1) is 14.6. The molecule has 106 valence electrons. The largest absolute Gasteiger partial charge is 0.457 e. The summed E-state index contributed by atoms with van der Waals surface area (Å²) in [5, 5.41) is 0. The van der Waals surface area contributed by atoms with Crippen LogP contribution in [-0.2, 0) is 16.4 Å². The summed E-state index contributed by atoms with van der Waals surface area (Å²) in [4.78, 5) is 0.233. The summed E-state index contributed by atoms with van der Waals surface area (Å²) in [6, 6.07) is 12.1. The predicted molar refractivity (Wildman–Crippen MR) is 78.7 cm³/mol. The molecule has 0 aliphatic rings. The number of ether oxygens (including phenoxy) is 1. The first-order chi connectivity index (χ1) is 9.40. The average Bonchev–Trinajstić information content (AvgIpc) is 2.40. The van der Waals surface area contributed by atoms with Crippen LogP contribution in [0.15, 0.2) is 47.4 Å². The van der Waals surface area contributed by atoms with Gasteiger partial charge in [-0.3, -0.25) is 0 Å². The first-order valence-corrected chi connectivity index (χ1v) is 8.07. The Balaban J connectivity index is 2.36. The summed E-state index contributed by atoms with van der Waals surface area (Å²) in [5.74, 6) is 1.12. The highest BCUT2D eigenvalue weighted by Crippen LogP contribution is 2.27. The summed E-state index contributed by atoms with van der Waals surface area (Å²) >= 11 is 0. The molecule has 0 fully saturated rings. The molecular formula is C15H17NO3S. The Labute approximate surface area is 119 Å². The van der Waals surface area contributed by atoms with Gasteiger partial charge in [-0.25, -0.2) is 8.42 Å². The topological polar surface area (TPSA) is 69.4 Å². The maximum Gasteiger partial charge on any atom is 0.175 e. The molecule has 0 spiro atoms. The number of aryl methyl sites for hydroxylation is 1. The Morgan fingerprint density at radius 3 is 2.55 bits per heavy atom. The Hall–Kier alpha value is -1.85. The van der Waals surface area contributed by atoms with Gasteiger partial charge in [-0.05, 0) is 31.2 Å². The minimum atomic E-state index is -3.24. The lowest BCUT2D eigenvalue weighted by Gasteiger charge is -2.11. The van der Waals surface area contributed by atoms with Gasteiger partial charge >= 0.3 is 0 Å². The Morgan fingerprint density at radius 2 is 1.90 bits per heavy atom. The van der Waals surface area contributed by atoms with Crippen LogP contribution in [0.3, 0.4) is 0 Å². The van der Waals surface area contributed by atoms with E-state index in [1.165, 1.54) is 12.3 Å².